The first kappa shape index (κ1) is 13.2. The van der Waals surface area contributed by atoms with Gasteiger partial charge < -0.3 is 5.32 Å². The summed E-state index contributed by atoms with van der Waals surface area (Å²) in [6.45, 7) is 2.33. The molecule has 0 heterocycles. The number of halogens is 2. The smallest absolute Gasteiger partial charge is 0.0454 e. The first-order valence-corrected chi connectivity index (χ1v) is 6.99. The van der Waals surface area contributed by atoms with Crippen molar-refractivity contribution in [1.29, 1.82) is 0 Å². The molecule has 0 aromatic heterocycles. The molecule has 0 aliphatic heterocycles. The van der Waals surface area contributed by atoms with Crippen molar-refractivity contribution in [2.45, 2.75) is 32.2 Å². The maximum absolute atomic E-state index is 6.29. The van der Waals surface area contributed by atoms with E-state index in [-0.39, 0.29) is 0 Å². The molecular weight excluding hydrogens is 253 g/mol. The van der Waals surface area contributed by atoms with Crippen LogP contribution in [0.4, 0.5) is 0 Å². The third kappa shape index (κ3) is 2.96. The Kier molecular flexibility index (Phi) is 4.35. The van der Waals surface area contributed by atoms with Crippen LogP contribution in [0, 0.1) is 11.8 Å². The lowest BCUT2D eigenvalue weighted by atomic mass is 9.91. The zero-order valence-corrected chi connectivity index (χ0v) is 11.9. The fourth-order valence-corrected chi connectivity index (χ4v) is 3.37. The minimum Gasteiger partial charge on any atom is -0.313 e. The molecule has 0 amide bonds. The maximum Gasteiger partial charge on any atom is 0.0454 e. The molecule has 1 fully saturated rings. The molecule has 0 saturated heterocycles. The minimum absolute atomic E-state index is 0.325. The van der Waals surface area contributed by atoms with E-state index in [2.05, 4.69) is 12.2 Å². The van der Waals surface area contributed by atoms with Crippen LogP contribution >= 0.6 is 23.2 Å². The summed E-state index contributed by atoms with van der Waals surface area (Å²) in [5.41, 5.74) is 1.14. The molecule has 1 saturated carbocycles. The lowest BCUT2D eigenvalue weighted by molar-refractivity contribution is 0.379. The van der Waals surface area contributed by atoms with Gasteiger partial charge in [-0.2, -0.15) is 0 Å². The molecule has 2 rings (SSSR count). The van der Waals surface area contributed by atoms with E-state index in [0.29, 0.717) is 12.0 Å². The van der Waals surface area contributed by atoms with Crippen molar-refractivity contribution in [1.82, 2.24) is 5.32 Å². The van der Waals surface area contributed by atoms with Gasteiger partial charge in [0.15, 0.2) is 0 Å². The van der Waals surface area contributed by atoms with Gasteiger partial charge in [0.25, 0.3) is 0 Å². The standard InChI is InChI=1S/C14H19Cl2N/c1-9-3-4-10(7-9)14(17-2)12-8-11(15)5-6-13(12)16/h5-6,8-10,14,17H,3-4,7H2,1-2H3. The molecule has 94 valence electrons. The Morgan fingerprint density at radius 1 is 1.29 bits per heavy atom. The van der Waals surface area contributed by atoms with E-state index in [1.165, 1.54) is 19.3 Å². The monoisotopic (exact) mass is 271 g/mol. The molecular formula is C14H19Cl2N. The van der Waals surface area contributed by atoms with Crippen molar-refractivity contribution in [3.8, 4) is 0 Å². The zero-order valence-electron chi connectivity index (χ0n) is 10.3. The van der Waals surface area contributed by atoms with Gasteiger partial charge >= 0.3 is 0 Å². The predicted octanol–water partition coefficient (Wildman–Crippen LogP) is 4.69. The van der Waals surface area contributed by atoms with Gasteiger partial charge in [-0.15, -0.1) is 0 Å². The lowest BCUT2D eigenvalue weighted by Crippen LogP contribution is -2.24. The largest absolute Gasteiger partial charge is 0.313 e. The highest BCUT2D eigenvalue weighted by molar-refractivity contribution is 6.33. The summed E-state index contributed by atoms with van der Waals surface area (Å²) < 4.78 is 0. The van der Waals surface area contributed by atoms with Crippen molar-refractivity contribution in [2.24, 2.45) is 11.8 Å². The number of hydrogen-bond donors (Lipinski definition) is 1. The van der Waals surface area contributed by atoms with Gasteiger partial charge in [0.2, 0.25) is 0 Å². The van der Waals surface area contributed by atoms with Crippen LogP contribution in [0.2, 0.25) is 10.0 Å². The summed E-state index contributed by atoms with van der Waals surface area (Å²) in [5, 5.41) is 4.98. The Bertz CT molecular complexity index is 392. The molecule has 3 heteroatoms. The van der Waals surface area contributed by atoms with Crippen LogP contribution in [-0.4, -0.2) is 7.05 Å². The lowest BCUT2D eigenvalue weighted by Gasteiger charge is -2.24. The molecule has 3 unspecified atom stereocenters. The summed E-state index contributed by atoms with van der Waals surface area (Å²) in [7, 11) is 2.00. The van der Waals surface area contributed by atoms with Crippen LogP contribution in [0.25, 0.3) is 0 Å². The highest BCUT2D eigenvalue weighted by Gasteiger charge is 2.29. The first-order valence-electron chi connectivity index (χ1n) is 6.24. The van der Waals surface area contributed by atoms with Gasteiger partial charge in [-0.1, -0.05) is 36.5 Å². The Labute approximate surface area is 114 Å². The Morgan fingerprint density at radius 2 is 2.06 bits per heavy atom. The van der Waals surface area contributed by atoms with E-state index >= 15 is 0 Å². The number of rotatable bonds is 3. The second kappa shape index (κ2) is 5.60. The molecule has 1 aliphatic rings. The van der Waals surface area contributed by atoms with Crippen molar-refractivity contribution in [3.63, 3.8) is 0 Å². The molecule has 0 bridgehead atoms. The second-order valence-corrected chi connectivity index (χ2v) is 5.95. The average Bonchev–Trinajstić information content (AvgIpc) is 2.71. The first-order chi connectivity index (χ1) is 8.11. The average molecular weight is 272 g/mol. The fourth-order valence-electron chi connectivity index (χ4n) is 2.95. The molecule has 1 aromatic carbocycles. The molecule has 17 heavy (non-hydrogen) atoms. The van der Waals surface area contributed by atoms with Gasteiger partial charge in [-0.3, -0.25) is 0 Å². The van der Waals surface area contributed by atoms with E-state index in [9.17, 15) is 0 Å². The molecule has 1 nitrogen and oxygen atoms in total. The summed E-state index contributed by atoms with van der Waals surface area (Å²) in [5.74, 6) is 1.50. The van der Waals surface area contributed by atoms with Crippen molar-refractivity contribution >= 4 is 23.2 Å². The van der Waals surface area contributed by atoms with Crippen molar-refractivity contribution < 1.29 is 0 Å². The van der Waals surface area contributed by atoms with E-state index < -0.39 is 0 Å². The molecule has 1 N–H and O–H groups in total. The quantitative estimate of drug-likeness (QED) is 0.841. The van der Waals surface area contributed by atoms with Gasteiger partial charge in [-0.25, -0.2) is 0 Å². The third-order valence-electron chi connectivity index (χ3n) is 3.81. The van der Waals surface area contributed by atoms with Crippen LogP contribution in [0.3, 0.4) is 0 Å². The molecule has 3 atom stereocenters. The van der Waals surface area contributed by atoms with E-state index in [1.807, 2.05) is 25.2 Å². The van der Waals surface area contributed by atoms with E-state index in [4.69, 9.17) is 23.2 Å². The topological polar surface area (TPSA) is 12.0 Å². The van der Waals surface area contributed by atoms with Crippen LogP contribution in [0.15, 0.2) is 18.2 Å². The minimum atomic E-state index is 0.325. The summed E-state index contributed by atoms with van der Waals surface area (Å²) in [6, 6.07) is 6.05. The van der Waals surface area contributed by atoms with Crippen LogP contribution < -0.4 is 5.32 Å². The van der Waals surface area contributed by atoms with Crippen molar-refractivity contribution in [2.75, 3.05) is 7.05 Å². The van der Waals surface area contributed by atoms with Crippen molar-refractivity contribution in [3.05, 3.63) is 33.8 Å². The van der Waals surface area contributed by atoms with Gasteiger partial charge in [0.1, 0.15) is 0 Å². The molecule has 0 spiro atoms. The fraction of sp³-hybridized carbons (Fsp3) is 0.571. The zero-order chi connectivity index (χ0) is 12.4. The Morgan fingerprint density at radius 3 is 2.65 bits per heavy atom. The number of benzene rings is 1. The van der Waals surface area contributed by atoms with Gasteiger partial charge in [0.05, 0.1) is 0 Å². The summed E-state index contributed by atoms with van der Waals surface area (Å²) >= 11 is 12.4. The van der Waals surface area contributed by atoms with Crippen LogP contribution in [-0.2, 0) is 0 Å². The van der Waals surface area contributed by atoms with Crippen LogP contribution in [0.1, 0.15) is 37.8 Å². The predicted molar refractivity (Wildman–Crippen MR) is 74.8 cm³/mol. The van der Waals surface area contributed by atoms with E-state index in [1.54, 1.807) is 0 Å². The highest BCUT2D eigenvalue weighted by atomic mass is 35.5. The summed E-state index contributed by atoms with van der Waals surface area (Å²) in [4.78, 5) is 0. The number of nitrogens with one attached hydrogen (secondary N) is 1. The number of hydrogen-bond acceptors (Lipinski definition) is 1. The maximum atomic E-state index is 6.29. The van der Waals surface area contributed by atoms with Gasteiger partial charge in [0, 0.05) is 16.1 Å². The Hall–Kier alpha value is -0.240. The Balaban J connectivity index is 2.25. The molecule has 0 radical (unpaired) electrons. The van der Waals surface area contributed by atoms with Gasteiger partial charge in [-0.05, 0) is 55.5 Å². The van der Waals surface area contributed by atoms with E-state index in [0.717, 1.165) is 21.5 Å². The molecule has 1 aromatic rings. The normalized spacial score (nSPS) is 26.1. The second-order valence-electron chi connectivity index (χ2n) is 5.11. The SMILES string of the molecule is CNC(c1cc(Cl)ccc1Cl)C1CCC(C)C1. The highest BCUT2D eigenvalue weighted by Crippen LogP contribution is 2.41. The van der Waals surface area contributed by atoms with Crippen LogP contribution in [0.5, 0.6) is 0 Å². The third-order valence-corrected chi connectivity index (χ3v) is 4.39. The summed E-state index contributed by atoms with van der Waals surface area (Å²) in [6.07, 6.45) is 3.87. The molecule has 1 aliphatic carbocycles.